The Kier molecular flexibility index (Phi) is 2.79. The van der Waals surface area contributed by atoms with Crippen LogP contribution in [-0.4, -0.2) is 12.1 Å². The molecule has 0 aliphatic heterocycles. The SMILES string of the molecule is C=C=C(C(=C)C)N(C)[O-]. The van der Waals surface area contributed by atoms with E-state index in [1.165, 1.54) is 7.05 Å². The molecule has 0 amide bonds. The molecule has 9 heavy (non-hydrogen) atoms. The molecule has 0 fully saturated rings. The molecule has 0 aromatic heterocycles. The van der Waals surface area contributed by atoms with Crippen LogP contribution in [0.5, 0.6) is 0 Å². The Labute approximate surface area is 55.4 Å². The van der Waals surface area contributed by atoms with Gasteiger partial charge in [-0.25, -0.2) is 0 Å². The molecule has 0 N–H and O–H groups in total. The highest BCUT2D eigenvalue weighted by molar-refractivity contribution is 5.23. The molecule has 2 heteroatoms. The first-order valence-electron chi connectivity index (χ1n) is 2.56. The Bertz CT molecular complexity index is 164. The first-order chi connectivity index (χ1) is 4.09. The highest BCUT2D eigenvalue weighted by atomic mass is 16.5. The summed E-state index contributed by atoms with van der Waals surface area (Å²) in [5.41, 5.74) is 3.58. The molecular weight excluding hydrogens is 114 g/mol. The number of hydrogen-bond acceptors (Lipinski definition) is 2. The Morgan fingerprint density at radius 1 is 1.67 bits per heavy atom. The summed E-state index contributed by atoms with van der Waals surface area (Å²) in [6.45, 7) is 8.64. The van der Waals surface area contributed by atoms with Crippen molar-refractivity contribution in [3.8, 4) is 0 Å². The number of likely N-dealkylation sites (N-methyl/N-ethyl adjacent to an activating group) is 1. The second-order valence-electron chi connectivity index (χ2n) is 1.80. The maximum absolute atomic E-state index is 10.5. The molecule has 0 aromatic carbocycles. The van der Waals surface area contributed by atoms with Gasteiger partial charge in [-0.05, 0) is 19.5 Å². The average molecular weight is 124 g/mol. The molecule has 0 saturated heterocycles. The lowest BCUT2D eigenvalue weighted by atomic mass is 10.2. The van der Waals surface area contributed by atoms with Crippen molar-refractivity contribution < 1.29 is 0 Å². The van der Waals surface area contributed by atoms with Gasteiger partial charge in [-0.15, -0.1) is 5.73 Å². The average Bonchev–Trinajstić information content (AvgIpc) is 1.64. The van der Waals surface area contributed by atoms with Crippen molar-refractivity contribution in [3.05, 3.63) is 35.4 Å². The zero-order chi connectivity index (χ0) is 7.44. The van der Waals surface area contributed by atoms with E-state index in [0.717, 1.165) is 0 Å². The predicted molar refractivity (Wildman–Crippen MR) is 38.6 cm³/mol. The molecule has 0 radical (unpaired) electrons. The lowest BCUT2D eigenvalue weighted by Gasteiger charge is -2.26. The fourth-order valence-corrected chi connectivity index (χ4v) is 0.531. The van der Waals surface area contributed by atoms with Crippen LogP contribution < -0.4 is 0 Å². The van der Waals surface area contributed by atoms with E-state index in [1.807, 2.05) is 0 Å². The number of nitrogens with zero attached hydrogens (tertiary/aromatic N) is 1. The predicted octanol–water partition coefficient (Wildman–Crippen LogP) is 1.66. The van der Waals surface area contributed by atoms with Crippen molar-refractivity contribution in [2.45, 2.75) is 6.92 Å². The lowest BCUT2D eigenvalue weighted by Crippen LogP contribution is -2.07. The number of rotatable bonds is 2. The third-order valence-corrected chi connectivity index (χ3v) is 0.887. The third kappa shape index (κ3) is 2.17. The van der Waals surface area contributed by atoms with Crippen LogP contribution in [-0.2, 0) is 0 Å². The van der Waals surface area contributed by atoms with Crippen molar-refractivity contribution >= 4 is 0 Å². The number of allylic oxidation sites excluding steroid dienone is 1. The van der Waals surface area contributed by atoms with E-state index in [1.54, 1.807) is 6.92 Å². The van der Waals surface area contributed by atoms with Crippen LogP contribution in [0.3, 0.4) is 0 Å². The van der Waals surface area contributed by atoms with Crippen LogP contribution in [0.15, 0.2) is 30.2 Å². The van der Waals surface area contributed by atoms with E-state index in [4.69, 9.17) is 0 Å². The number of hydrogen-bond donors (Lipinski definition) is 0. The first-order valence-corrected chi connectivity index (χ1v) is 2.56. The lowest BCUT2D eigenvalue weighted by molar-refractivity contribution is 0.585. The maximum atomic E-state index is 10.5. The summed E-state index contributed by atoms with van der Waals surface area (Å²) < 4.78 is 0. The number of hydroxylamine groups is 2. The van der Waals surface area contributed by atoms with Crippen molar-refractivity contribution in [2.75, 3.05) is 7.05 Å². The smallest absolute Gasteiger partial charge is 0.0708 e. The highest BCUT2D eigenvalue weighted by Gasteiger charge is 1.91. The monoisotopic (exact) mass is 124 g/mol. The van der Waals surface area contributed by atoms with Gasteiger partial charge in [0.05, 0.1) is 5.70 Å². The Morgan fingerprint density at radius 3 is 2.11 bits per heavy atom. The topological polar surface area (TPSA) is 26.3 Å². The fourth-order valence-electron chi connectivity index (χ4n) is 0.531. The highest BCUT2D eigenvalue weighted by Crippen LogP contribution is 2.06. The van der Waals surface area contributed by atoms with E-state index < -0.39 is 0 Å². The van der Waals surface area contributed by atoms with Crippen LogP contribution in [0.25, 0.3) is 0 Å². The van der Waals surface area contributed by atoms with Crippen LogP contribution in [0.1, 0.15) is 6.92 Å². The maximum Gasteiger partial charge on any atom is 0.0708 e. The molecule has 0 rings (SSSR count). The van der Waals surface area contributed by atoms with Gasteiger partial charge in [0.1, 0.15) is 0 Å². The summed E-state index contributed by atoms with van der Waals surface area (Å²) in [5, 5.41) is 11.2. The van der Waals surface area contributed by atoms with Gasteiger partial charge >= 0.3 is 0 Å². The summed E-state index contributed by atoms with van der Waals surface area (Å²) >= 11 is 0. The minimum atomic E-state index is 0.412. The molecule has 2 nitrogen and oxygen atoms in total. The molecule has 0 bridgehead atoms. The van der Waals surface area contributed by atoms with Crippen LogP contribution in [0, 0.1) is 5.21 Å². The van der Waals surface area contributed by atoms with Crippen molar-refractivity contribution in [3.63, 3.8) is 0 Å². The van der Waals surface area contributed by atoms with Gasteiger partial charge in [-0.2, -0.15) is 0 Å². The molecule has 0 saturated carbocycles. The second-order valence-corrected chi connectivity index (χ2v) is 1.80. The summed E-state index contributed by atoms with van der Waals surface area (Å²) in [6.07, 6.45) is 0. The largest absolute Gasteiger partial charge is 0.758 e. The molecule has 0 aliphatic carbocycles. The van der Waals surface area contributed by atoms with E-state index >= 15 is 0 Å². The third-order valence-electron chi connectivity index (χ3n) is 0.887. The van der Waals surface area contributed by atoms with Gasteiger partial charge in [-0.3, -0.25) is 0 Å². The van der Waals surface area contributed by atoms with E-state index in [-0.39, 0.29) is 0 Å². The summed E-state index contributed by atoms with van der Waals surface area (Å²) in [7, 11) is 1.39. The normalized spacial score (nSPS) is 7.89. The Balaban J connectivity index is 4.38. The molecule has 0 spiro atoms. The molecule has 0 atom stereocenters. The van der Waals surface area contributed by atoms with Gasteiger partial charge in [0, 0.05) is 0 Å². The summed E-state index contributed by atoms with van der Waals surface area (Å²) in [5.74, 6) is 0. The van der Waals surface area contributed by atoms with Crippen LogP contribution in [0.4, 0.5) is 0 Å². The van der Waals surface area contributed by atoms with Crippen molar-refractivity contribution in [2.24, 2.45) is 0 Å². The minimum absolute atomic E-state index is 0.412. The summed E-state index contributed by atoms with van der Waals surface area (Å²) in [6, 6.07) is 0. The van der Waals surface area contributed by atoms with E-state index in [0.29, 0.717) is 16.3 Å². The Hall–Kier alpha value is -0.980. The standard InChI is InChI=1S/C7H10NO/c1-5-7(6(2)3)8(4)9/h1-2H2,3-4H3/q-1. The van der Waals surface area contributed by atoms with E-state index in [2.05, 4.69) is 18.9 Å². The van der Waals surface area contributed by atoms with Crippen molar-refractivity contribution in [1.29, 1.82) is 0 Å². The molecule has 50 valence electrons. The van der Waals surface area contributed by atoms with Crippen molar-refractivity contribution in [1.82, 2.24) is 5.06 Å². The molecule has 0 heterocycles. The van der Waals surface area contributed by atoms with Gasteiger partial charge in [0.15, 0.2) is 0 Å². The quantitative estimate of drug-likeness (QED) is 0.318. The molecular formula is C7H10NO-. The Morgan fingerprint density at radius 2 is 2.11 bits per heavy atom. The molecule has 0 unspecified atom stereocenters. The second kappa shape index (κ2) is 3.13. The van der Waals surface area contributed by atoms with Gasteiger partial charge in [0.2, 0.25) is 0 Å². The first kappa shape index (κ1) is 8.02. The molecule has 0 aliphatic rings. The van der Waals surface area contributed by atoms with Gasteiger partial charge in [0.25, 0.3) is 0 Å². The molecule has 0 aromatic rings. The van der Waals surface area contributed by atoms with Crippen LogP contribution >= 0.6 is 0 Å². The zero-order valence-corrected chi connectivity index (χ0v) is 5.77. The minimum Gasteiger partial charge on any atom is -0.758 e. The zero-order valence-electron chi connectivity index (χ0n) is 5.77. The van der Waals surface area contributed by atoms with Gasteiger partial charge in [-0.1, -0.05) is 13.2 Å². The van der Waals surface area contributed by atoms with E-state index in [9.17, 15) is 5.21 Å². The summed E-state index contributed by atoms with van der Waals surface area (Å²) in [4.78, 5) is 0. The van der Waals surface area contributed by atoms with Gasteiger partial charge < -0.3 is 10.3 Å². The fraction of sp³-hybridized carbons (Fsp3) is 0.286. The van der Waals surface area contributed by atoms with Crippen LogP contribution in [0.2, 0.25) is 0 Å².